The first-order valence-electron chi connectivity index (χ1n) is 8.91. The van der Waals surface area contributed by atoms with Gasteiger partial charge in [0.25, 0.3) is 0 Å². The average molecular weight is 328 g/mol. The quantitative estimate of drug-likeness (QED) is 0.820. The predicted molar refractivity (Wildman–Crippen MR) is 96.9 cm³/mol. The molecule has 5 nitrogen and oxygen atoms in total. The van der Waals surface area contributed by atoms with Crippen LogP contribution < -0.4 is 10.6 Å². The van der Waals surface area contributed by atoms with Gasteiger partial charge in [0.1, 0.15) is 11.9 Å². The Hall–Kier alpha value is -1.85. The van der Waals surface area contributed by atoms with E-state index < -0.39 is 0 Å². The van der Waals surface area contributed by atoms with Gasteiger partial charge in [-0.25, -0.2) is 4.98 Å². The molecule has 2 heterocycles. The van der Waals surface area contributed by atoms with Gasteiger partial charge in [-0.15, -0.1) is 0 Å². The number of nitrogens with zero attached hydrogens (tertiary/aromatic N) is 2. The predicted octanol–water partition coefficient (Wildman–Crippen LogP) is 3.11. The fourth-order valence-electron chi connectivity index (χ4n) is 3.42. The summed E-state index contributed by atoms with van der Waals surface area (Å²) in [7, 11) is 2.04. The number of nitrogens with one attached hydrogen (secondary N) is 2. The van der Waals surface area contributed by atoms with Crippen LogP contribution in [0.5, 0.6) is 0 Å². The molecule has 0 spiro atoms. The molecule has 1 aromatic heterocycles. The number of anilines is 1. The maximum Gasteiger partial charge on any atom is 0.137 e. The highest BCUT2D eigenvalue weighted by Crippen LogP contribution is 2.32. The summed E-state index contributed by atoms with van der Waals surface area (Å²) < 4.78 is 8.12. The molecule has 1 saturated heterocycles. The zero-order valence-corrected chi connectivity index (χ0v) is 14.7. The molecule has 1 fully saturated rings. The Bertz CT molecular complexity index is 640. The molecule has 1 aliphatic heterocycles. The summed E-state index contributed by atoms with van der Waals surface area (Å²) in [5, 5.41) is 7.05. The average Bonchev–Trinajstić information content (AvgIpc) is 3.03. The fourth-order valence-corrected chi connectivity index (χ4v) is 3.42. The van der Waals surface area contributed by atoms with E-state index in [2.05, 4.69) is 51.4 Å². The Balaban J connectivity index is 1.60. The summed E-state index contributed by atoms with van der Waals surface area (Å²) >= 11 is 0. The molecule has 0 saturated carbocycles. The van der Waals surface area contributed by atoms with Crippen molar-refractivity contribution < 1.29 is 4.74 Å². The Morgan fingerprint density at radius 1 is 1.33 bits per heavy atom. The fraction of sp³-hybridized carbons (Fsp3) is 0.526. The lowest BCUT2D eigenvalue weighted by atomic mass is 9.93. The van der Waals surface area contributed by atoms with Gasteiger partial charge in [-0.2, -0.15) is 0 Å². The van der Waals surface area contributed by atoms with E-state index in [0.29, 0.717) is 5.92 Å². The first-order valence-corrected chi connectivity index (χ1v) is 8.91. The van der Waals surface area contributed by atoms with Crippen molar-refractivity contribution in [3.63, 3.8) is 0 Å². The second kappa shape index (κ2) is 8.31. The normalized spacial score (nSPS) is 20.9. The molecule has 1 aromatic carbocycles. The summed E-state index contributed by atoms with van der Waals surface area (Å²) in [6.45, 7) is 5.71. The number of para-hydroxylation sites is 1. The minimum atomic E-state index is 0.0928. The second-order valence-electron chi connectivity index (χ2n) is 6.41. The Morgan fingerprint density at radius 3 is 3.00 bits per heavy atom. The molecule has 5 heteroatoms. The van der Waals surface area contributed by atoms with Crippen molar-refractivity contribution in [3.05, 3.63) is 48.0 Å². The highest BCUT2D eigenvalue weighted by atomic mass is 16.5. The molecule has 0 amide bonds. The molecule has 0 bridgehead atoms. The van der Waals surface area contributed by atoms with Crippen molar-refractivity contribution in [2.75, 3.05) is 25.0 Å². The molecule has 2 N–H and O–H groups in total. The van der Waals surface area contributed by atoms with Crippen LogP contribution in [-0.2, 0) is 18.3 Å². The summed E-state index contributed by atoms with van der Waals surface area (Å²) in [6.07, 6.45) is 6.24. The van der Waals surface area contributed by atoms with Gasteiger partial charge in [0.05, 0.1) is 0 Å². The smallest absolute Gasteiger partial charge is 0.137 e. The van der Waals surface area contributed by atoms with Crippen LogP contribution in [0.3, 0.4) is 0 Å². The molecule has 3 rings (SSSR count). The molecular weight excluding hydrogens is 300 g/mol. The molecule has 1 aliphatic rings. The molecule has 2 atom stereocenters. The third-order valence-electron chi connectivity index (χ3n) is 4.66. The van der Waals surface area contributed by atoms with Crippen molar-refractivity contribution in [2.24, 2.45) is 13.0 Å². The lowest BCUT2D eigenvalue weighted by Crippen LogP contribution is -2.33. The maximum atomic E-state index is 6.05. The number of aryl methyl sites for hydroxylation is 1. The van der Waals surface area contributed by atoms with E-state index in [-0.39, 0.29) is 6.10 Å². The van der Waals surface area contributed by atoms with Crippen LogP contribution in [0.2, 0.25) is 0 Å². The Labute approximate surface area is 144 Å². The number of imidazole rings is 1. The number of aromatic nitrogens is 2. The monoisotopic (exact) mass is 328 g/mol. The van der Waals surface area contributed by atoms with E-state index in [1.165, 1.54) is 17.7 Å². The van der Waals surface area contributed by atoms with Crippen molar-refractivity contribution in [2.45, 2.75) is 32.4 Å². The van der Waals surface area contributed by atoms with Crippen molar-refractivity contribution in [1.29, 1.82) is 0 Å². The van der Waals surface area contributed by atoms with Crippen molar-refractivity contribution in [1.82, 2.24) is 14.9 Å². The SMILES string of the molecule is CCNc1ccccc1CNC[C@@H]1CCCO[C@H]1c1nccn1C. The van der Waals surface area contributed by atoms with Gasteiger partial charge in [0, 0.05) is 57.3 Å². The zero-order valence-electron chi connectivity index (χ0n) is 14.7. The van der Waals surface area contributed by atoms with E-state index in [1.807, 2.05) is 19.4 Å². The van der Waals surface area contributed by atoms with E-state index in [9.17, 15) is 0 Å². The van der Waals surface area contributed by atoms with Crippen LogP contribution in [0.4, 0.5) is 5.69 Å². The van der Waals surface area contributed by atoms with Crippen LogP contribution in [0.15, 0.2) is 36.7 Å². The van der Waals surface area contributed by atoms with Gasteiger partial charge in [0.2, 0.25) is 0 Å². The number of benzene rings is 1. The van der Waals surface area contributed by atoms with E-state index in [4.69, 9.17) is 4.74 Å². The third kappa shape index (κ3) is 3.97. The third-order valence-corrected chi connectivity index (χ3v) is 4.66. The maximum absolute atomic E-state index is 6.05. The topological polar surface area (TPSA) is 51.1 Å². The Morgan fingerprint density at radius 2 is 2.21 bits per heavy atom. The number of rotatable bonds is 7. The molecular formula is C19H28N4O. The van der Waals surface area contributed by atoms with Crippen LogP contribution in [0, 0.1) is 5.92 Å². The summed E-state index contributed by atoms with van der Waals surface area (Å²) in [5.74, 6) is 1.50. The molecule has 24 heavy (non-hydrogen) atoms. The van der Waals surface area contributed by atoms with E-state index in [1.54, 1.807) is 0 Å². The Kier molecular flexibility index (Phi) is 5.88. The zero-order chi connectivity index (χ0) is 16.8. The first-order chi connectivity index (χ1) is 11.8. The van der Waals surface area contributed by atoms with Crippen molar-refractivity contribution in [3.8, 4) is 0 Å². The highest BCUT2D eigenvalue weighted by molar-refractivity contribution is 5.50. The standard InChI is InChI=1S/C19H28N4O/c1-3-21-17-9-5-4-7-15(17)13-20-14-16-8-6-12-24-18(16)19-22-10-11-23(19)2/h4-5,7,9-11,16,18,20-21H,3,6,8,12-14H2,1-2H3/t16-,18+/m0/s1. The van der Waals surface area contributed by atoms with Crippen LogP contribution in [-0.4, -0.2) is 29.2 Å². The summed E-state index contributed by atoms with van der Waals surface area (Å²) in [6, 6.07) is 8.49. The van der Waals surface area contributed by atoms with E-state index in [0.717, 1.165) is 38.5 Å². The lowest BCUT2D eigenvalue weighted by Gasteiger charge is -2.31. The van der Waals surface area contributed by atoms with Gasteiger partial charge >= 0.3 is 0 Å². The van der Waals surface area contributed by atoms with E-state index >= 15 is 0 Å². The molecule has 0 radical (unpaired) electrons. The largest absolute Gasteiger partial charge is 0.385 e. The molecule has 130 valence electrons. The van der Waals surface area contributed by atoms with Gasteiger partial charge in [-0.3, -0.25) is 0 Å². The second-order valence-corrected chi connectivity index (χ2v) is 6.41. The molecule has 2 aromatic rings. The van der Waals surface area contributed by atoms with Gasteiger partial charge in [-0.1, -0.05) is 18.2 Å². The number of hydrogen-bond donors (Lipinski definition) is 2. The number of hydrogen-bond acceptors (Lipinski definition) is 4. The number of ether oxygens (including phenoxy) is 1. The summed E-state index contributed by atoms with van der Waals surface area (Å²) in [5.41, 5.74) is 2.53. The highest BCUT2D eigenvalue weighted by Gasteiger charge is 2.29. The minimum Gasteiger partial charge on any atom is -0.385 e. The first kappa shape index (κ1) is 17.0. The van der Waals surface area contributed by atoms with Gasteiger partial charge < -0.3 is 19.9 Å². The lowest BCUT2D eigenvalue weighted by molar-refractivity contribution is -0.0344. The summed E-state index contributed by atoms with van der Waals surface area (Å²) in [4.78, 5) is 4.49. The van der Waals surface area contributed by atoms with Crippen molar-refractivity contribution >= 4 is 5.69 Å². The van der Waals surface area contributed by atoms with Gasteiger partial charge in [-0.05, 0) is 31.4 Å². The van der Waals surface area contributed by atoms with Crippen LogP contribution >= 0.6 is 0 Å². The van der Waals surface area contributed by atoms with Gasteiger partial charge in [0.15, 0.2) is 0 Å². The van der Waals surface area contributed by atoms with Crippen LogP contribution in [0.25, 0.3) is 0 Å². The molecule has 0 unspecified atom stereocenters. The van der Waals surface area contributed by atoms with Crippen LogP contribution in [0.1, 0.15) is 37.3 Å². The molecule has 0 aliphatic carbocycles. The minimum absolute atomic E-state index is 0.0928.